The van der Waals surface area contributed by atoms with E-state index in [0.29, 0.717) is 17.8 Å². The lowest BCUT2D eigenvalue weighted by Crippen LogP contribution is -2.40. The van der Waals surface area contributed by atoms with Gasteiger partial charge in [0.05, 0.1) is 0 Å². The van der Waals surface area contributed by atoms with Crippen molar-refractivity contribution >= 4 is 29.0 Å². The summed E-state index contributed by atoms with van der Waals surface area (Å²) in [6, 6.07) is 16.4. The summed E-state index contributed by atoms with van der Waals surface area (Å²) in [5.41, 5.74) is 3.40. The molecule has 2 saturated heterocycles. The number of benzene rings is 2. The van der Waals surface area contributed by atoms with Crippen LogP contribution in [0.2, 0.25) is 5.02 Å². The third kappa shape index (κ3) is 5.34. The molecular formula is C25H33ClN4O. The van der Waals surface area contributed by atoms with E-state index in [1.165, 1.54) is 11.3 Å². The third-order valence-electron chi connectivity index (χ3n) is 6.84. The van der Waals surface area contributed by atoms with E-state index in [1.807, 2.05) is 36.2 Å². The van der Waals surface area contributed by atoms with Gasteiger partial charge in [0.15, 0.2) is 0 Å². The molecule has 0 radical (unpaired) electrons. The van der Waals surface area contributed by atoms with Crippen LogP contribution in [0.4, 0.5) is 16.2 Å². The van der Waals surface area contributed by atoms with E-state index in [9.17, 15) is 4.79 Å². The van der Waals surface area contributed by atoms with Gasteiger partial charge in [0.25, 0.3) is 0 Å². The summed E-state index contributed by atoms with van der Waals surface area (Å²) >= 11 is 6.00. The zero-order valence-electron chi connectivity index (χ0n) is 18.5. The van der Waals surface area contributed by atoms with Crippen molar-refractivity contribution in [3.63, 3.8) is 0 Å². The fraction of sp³-hybridized carbons (Fsp3) is 0.480. The van der Waals surface area contributed by atoms with Crippen LogP contribution in [0.5, 0.6) is 0 Å². The Morgan fingerprint density at radius 2 is 1.71 bits per heavy atom. The molecule has 2 aliphatic rings. The highest BCUT2D eigenvalue weighted by Crippen LogP contribution is 2.30. The van der Waals surface area contributed by atoms with Gasteiger partial charge in [0, 0.05) is 42.6 Å². The maximum atomic E-state index is 12.7. The normalized spacial score (nSPS) is 22.0. The van der Waals surface area contributed by atoms with Crippen molar-refractivity contribution < 1.29 is 4.79 Å². The van der Waals surface area contributed by atoms with Gasteiger partial charge in [-0.15, -0.1) is 0 Å². The highest BCUT2D eigenvalue weighted by atomic mass is 35.5. The van der Waals surface area contributed by atoms with Crippen molar-refractivity contribution in [3.05, 3.63) is 59.1 Å². The Bertz CT molecular complexity index is 862. The highest BCUT2D eigenvalue weighted by Gasteiger charge is 2.29. The van der Waals surface area contributed by atoms with Gasteiger partial charge in [0.2, 0.25) is 0 Å². The summed E-state index contributed by atoms with van der Waals surface area (Å²) in [5, 5.41) is 7.14. The summed E-state index contributed by atoms with van der Waals surface area (Å²) in [6.45, 7) is 7.09. The van der Waals surface area contributed by atoms with Crippen molar-refractivity contribution in [2.24, 2.45) is 11.8 Å². The van der Waals surface area contributed by atoms with Gasteiger partial charge in [-0.2, -0.15) is 0 Å². The summed E-state index contributed by atoms with van der Waals surface area (Å²) in [5.74, 6) is 1.86. The average molecular weight is 441 g/mol. The monoisotopic (exact) mass is 440 g/mol. The molecule has 6 heteroatoms. The first kappa shape index (κ1) is 22.0. The SMILES string of the molecule is CNCC1CN(c2ccc(NC(=O)N3CCC(c4ccc(Cl)cc4)CC3)cc2)CC1C. The Morgan fingerprint density at radius 1 is 1.03 bits per heavy atom. The topological polar surface area (TPSA) is 47.6 Å². The molecule has 166 valence electrons. The van der Waals surface area contributed by atoms with Crippen molar-refractivity contribution in [3.8, 4) is 0 Å². The van der Waals surface area contributed by atoms with Gasteiger partial charge in [-0.25, -0.2) is 4.79 Å². The van der Waals surface area contributed by atoms with E-state index in [4.69, 9.17) is 11.6 Å². The lowest BCUT2D eigenvalue weighted by atomic mass is 9.89. The number of urea groups is 1. The Balaban J connectivity index is 1.28. The standard InChI is InChI=1S/C25H33ClN4O/c1-18-16-30(17-21(18)15-27-2)24-9-7-23(8-10-24)28-25(31)29-13-11-20(12-14-29)19-3-5-22(26)6-4-19/h3-10,18,20-21,27H,11-17H2,1-2H3,(H,28,31). The van der Waals surface area contributed by atoms with Crippen LogP contribution >= 0.6 is 11.6 Å². The minimum atomic E-state index is -0.00816. The smallest absolute Gasteiger partial charge is 0.321 e. The number of piperidine rings is 1. The first-order valence-corrected chi connectivity index (χ1v) is 11.7. The van der Waals surface area contributed by atoms with Crippen LogP contribution in [0.15, 0.2) is 48.5 Å². The van der Waals surface area contributed by atoms with Crippen LogP contribution in [-0.4, -0.2) is 50.7 Å². The highest BCUT2D eigenvalue weighted by molar-refractivity contribution is 6.30. The Labute approximate surface area is 190 Å². The second-order valence-corrected chi connectivity index (χ2v) is 9.43. The molecule has 5 nitrogen and oxygen atoms in total. The van der Waals surface area contributed by atoms with Crippen molar-refractivity contribution in [2.45, 2.75) is 25.7 Å². The van der Waals surface area contributed by atoms with Crippen molar-refractivity contribution in [2.75, 3.05) is 50.0 Å². The first-order valence-electron chi connectivity index (χ1n) is 11.3. The van der Waals surface area contributed by atoms with Crippen LogP contribution in [0.3, 0.4) is 0 Å². The van der Waals surface area contributed by atoms with Gasteiger partial charge in [-0.05, 0) is 86.1 Å². The number of hydrogen-bond acceptors (Lipinski definition) is 3. The number of halogens is 1. The molecule has 2 amide bonds. The first-order chi connectivity index (χ1) is 15.0. The largest absolute Gasteiger partial charge is 0.371 e. The van der Waals surface area contributed by atoms with Crippen LogP contribution in [-0.2, 0) is 0 Å². The molecule has 2 aliphatic heterocycles. The number of carbonyl (C=O) groups excluding carboxylic acids is 1. The molecule has 0 bridgehead atoms. The number of amides is 2. The molecule has 31 heavy (non-hydrogen) atoms. The summed E-state index contributed by atoms with van der Waals surface area (Å²) in [4.78, 5) is 17.1. The predicted molar refractivity (Wildman–Crippen MR) is 129 cm³/mol. The maximum Gasteiger partial charge on any atom is 0.321 e. The van der Waals surface area contributed by atoms with Crippen LogP contribution < -0.4 is 15.5 Å². The Hall–Kier alpha value is -2.24. The lowest BCUT2D eigenvalue weighted by Gasteiger charge is -2.32. The molecule has 4 rings (SSSR count). The predicted octanol–water partition coefficient (Wildman–Crippen LogP) is 5.04. The van der Waals surface area contributed by atoms with Crippen LogP contribution in [0, 0.1) is 11.8 Å². The molecule has 0 aliphatic carbocycles. The van der Waals surface area contributed by atoms with E-state index >= 15 is 0 Å². The third-order valence-corrected chi connectivity index (χ3v) is 7.09. The van der Waals surface area contributed by atoms with Crippen LogP contribution in [0.25, 0.3) is 0 Å². The number of carbonyl (C=O) groups is 1. The van der Waals surface area contributed by atoms with E-state index in [2.05, 4.69) is 46.7 Å². The molecule has 0 saturated carbocycles. The molecule has 2 heterocycles. The van der Waals surface area contributed by atoms with E-state index in [-0.39, 0.29) is 6.03 Å². The van der Waals surface area contributed by atoms with Crippen LogP contribution in [0.1, 0.15) is 31.2 Å². The van der Waals surface area contributed by atoms with Gasteiger partial charge >= 0.3 is 6.03 Å². The quantitative estimate of drug-likeness (QED) is 0.684. The second-order valence-electron chi connectivity index (χ2n) is 8.99. The number of likely N-dealkylation sites (tertiary alicyclic amines) is 1. The second kappa shape index (κ2) is 9.92. The van der Waals surface area contributed by atoms with Gasteiger partial charge < -0.3 is 20.4 Å². The fourth-order valence-corrected chi connectivity index (χ4v) is 5.01. The Kier molecular flexibility index (Phi) is 7.03. The summed E-state index contributed by atoms with van der Waals surface area (Å²) < 4.78 is 0. The van der Waals surface area contributed by atoms with Crippen molar-refractivity contribution in [1.82, 2.24) is 10.2 Å². The number of nitrogens with one attached hydrogen (secondary N) is 2. The van der Waals surface area contributed by atoms with Gasteiger partial charge in [-0.3, -0.25) is 0 Å². The zero-order valence-corrected chi connectivity index (χ0v) is 19.2. The zero-order chi connectivity index (χ0) is 21.8. The van der Waals surface area contributed by atoms with Crippen molar-refractivity contribution in [1.29, 1.82) is 0 Å². The minimum Gasteiger partial charge on any atom is -0.371 e. The van der Waals surface area contributed by atoms with E-state index < -0.39 is 0 Å². The lowest BCUT2D eigenvalue weighted by molar-refractivity contribution is 0.194. The number of rotatable bonds is 5. The number of anilines is 2. The number of hydrogen-bond donors (Lipinski definition) is 2. The van der Waals surface area contributed by atoms with E-state index in [0.717, 1.165) is 56.3 Å². The maximum absolute atomic E-state index is 12.7. The molecule has 0 spiro atoms. The fourth-order valence-electron chi connectivity index (χ4n) is 4.88. The molecule has 2 N–H and O–H groups in total. The molecule has 2 aromatic rings. The molecule has 0 aromatic heterocycles. The molecule has 2 fully saturated rings. The minimum absolute atomic E-state index is 0.00816. The van der Waals surface area contributed by atoms with Gasteiger partial charge in [-0.1, -0.05) is 30.7 Å². The molecule has 2 aromatic carbocycles. The summed E-state index contributed by atoms with van der Waals surface area (Å²) in [7, 11) is 2.02. The molecule has 2 unspecified atom stereocenters. The average Bonchev–Trinajstić information content (AvgIpc) is 3.15. The summed E-state index contributed by atoms with van der Waals surface area (Å²) in [6.07, 6.45) is 1.96. The Morgan fingerprint density at radius 3 is 2.35 bits per heavy atom. The van der Waals surface area contributed by atoms with Gasteiger partial charge in [0.1, 0.15) is 0 Å². The number of nitrogens with zero attached hydrogens (tertiary/aromatic N) is 2. The molecular weight excluding hydrogens is 408 g/mol. The van der Waals surface area contributed by atoms with E-state index in [1.54, 1.807) is 0 Å². The molecule has 2 atom stereocenters.